The van der Waals surface area contributed by atoms with Gasteiger partial charge in [0.05, 0.1) is 6.04 Å². The summed E-state index contributed by atoms with van der Waals surface area (Å²) >= 11 is 8.11. The lowest BCUT2D eigenvalue weighted by Crippen LogP contribution is -2.58. The van der Waals surface area contributed by atoms with Gasteiger partial charge in [-0.25, -0.2) is 4.79 Å². The predicted molar refractivity (Wildman–Crippen MR) is 113 cm³/mol. The van der Waals surface area contributed by atoms with Crippen LogP contribution >= 0.6 is 25.3 Å². The van der Waals surface area contributed by atoms with Crippen LogP contribution in [0.15, 0.2) is 0 Å². The first-order chi connectivity index (χ1) is 12.9. The normalized spacial score (nSPS) is 15.5. The molecule has 0 bridgehead atoms. The van der Waals surface area contributed by atoms with Gasteiger partial charge in [0.15, 0.2) is 0 Å². The van der Waals surface area contributed by atoms with Gasteiger partial charge in [-0.1, -0.05) is 27.7 Å². The van der Waals surface area contributed by atoms with Crippen LogP contribution in [0.3, 0.4) is 0 Å². The Hall–Kier alpha value is -1.46. The van der Waals surface area contributed by atoms with Crippen molar-refractivity contribution in [2.75, 3.05) is 11.5 Å². The zero-order valence-corrected chi connectivity index (χ0v) is 18.4. The second-order valence-electron chi connectivity index (χ2n) is 7.29. The maximum Gasteiger partial charge on any atom is 0.326 e. The summed E-state index contributed by atoms with van der Waals surface area (Å²) < 4.78 is 0. The molecular weight excluding hydrogens is 404 g/mol. The molecule has 0 radical (unpaired) electrons. The summed E-state index contributed by atoms with van der Waals surface area (Å²) in [4.78, 5) is 48.2. The molecule has 0 aromatic carbocycles. The Balaban J connectivity index is 5.00. The highest BCUT2D eigenvalue weighted by atomic mass is 32.1. The van der Waals surface area contributed by atoms with Gasteiger partial charge in [-0.05, 0) is 18.3 Å². The number of hydrogen-bond acceptors (Lipinski definition) is 7. The van der Waals surface area contributed by atoms with Crippen LogP contribution in [0, 0.1) is 11.8 Å². The van der Waals surface area contributed by atoms with E-state index in [1.54, 1.807) is 13.8 Å². The molecule has 0 aromatic rings. The number of thiol groups is 2. The maximum absolute atomic E-state index is 12.4. The van der Waals surface area contributed by atoms with E-state index in [0.29, 0.717) is 0 Å². The summed E-state index contributed by atoms with van der Waals surface area (Å²) in [5.41, 5.74) is 5.76. The third-order valence-corrected chi connectivity index (χ3v) is 4.70. The zero-order chi connectivity index (χ0) is 22.0. The van der Waals surface area contributed by atoms with Crippen LogP contribution in [-0.4, -0.2) is 64.5 Å². The van der Waals surface area contributed by atoms with Gasteiger partial charge in [0.25, 0.3) is 0 Å². The number of amides is 3. The molecule has 0 fully saturated rings. The molecular formula is C17H32N4O5S2. The minimum Gasteiger partial charge on any atom is -0.480 e. The minimum absolute atomic E-state index is 0.00556. The number of carbonyl (C=O) groups excluding carboxylic acids is 3. The molecule has 6 N–H and O–H groups in total. The van der Waals surface area contributed by atoms with Gasteiger partial charge in [0.2, 0.25) is 17.7 Å². The first-order valence-electron chi connectivity index (χ1n) is 9.05. The number of aliphatic carboxylic acids is 1. The molecule has 11 heteroatoms. The fourth-order valence-electron chi connectivity index (χ4n) is 2.20. The van der Waals surface area contributed by atoms with Crippen LogP contribution in [0.1, 0.15) is 34.1 Å². The van der Waals surface area contributed by atoms with E-state index in [1.165, 1.54) is 0 Å². The molecule has 0 aliphatic heterocycles. The van der Waals surface area contributed by atoms with Gasteiger partial charge in [-0.15, -0.1) is 0 Å². The highest BCUT2D eigenvalue weighted by Crippen LogP contribution is 2.06. The first kappa shape index (κ1) is 26.5. The lowest BCUT2D eigenvalue weighted by Gasteiger charge is -2.24. The van der Waals surface area contributed by atoms with Crippen molar-refractivity contribution in [1.82, 2.24) is 16.0 Å². The van der Waals surface area contributed by atoms with Crippen LogP contribution in [0.2, 0.25) is 0 Å². The van der Waals surface area contributed by atoms with Gasteiger partial charge < -0.3 is 26.8 Å². The Labute approximate surface area is 176 Å². The Morgan fingerprint density at radius 3 is 1.54 bits per heavy atom. The summed E-state index contributed by atoms with van der Waals surface area (Å²) in [5.74, 6) is -3.08. The van der Waals surface area contributed by atoms with E-state index < -0.39 is 47.9 Å². The van der Waals surface area contributed by atoms with E-state index in [9.17, 15) is 24.3 Å². The molecule has 0 saturated carbocycles. The fraction of sp³-hybridized carbons (Fsp3) is 0.765. The van der Waals surface area contributed by atoms with Crippen molar-refractivity contribution in [1.29, 1.82) is 0 Å². The van der Waals surface area contributed by atoms with Crippen LogP contribution in [-0.2, 0) is 19.2 Å². The zero-order valence-electron chi connectivity index (χ0n) is 16.6. The van der Waals surface area contributed by atoms with Crippen molar-refractivity contribution < 1.29 is 24.3 Å². The molecule has 162 valence electrons. The summed E-state index contributed by atoms with van der Waals surface area (Å²) in [7, 11) is 0. The lowest BCUT2D eigenvalue weighted by molar-refractivity contribution is -0.142. The van der Waals surface area contributed by atoms with Crippen LogP contribution in [0.5, 0.6) is 0 Å². The molecule has 0 heterocycles. The second kappa shape index (κ2) is 12.9. The van der Waals surface area contributed by atoms with Gasteiger partial charge >= 0.3 is 5.97 Å². The second-order valence-corrected chi connectivity index (χ2v) is 8.02. The molecule has 0 aliphatic rings. The molecule has 0 aromatic heterocycles. The number of nitrogens with one attached hydrogen (secondary N) is 3. The standard InChI is InChI=1S/C17H32N4O5S2/c1-8(2)5-10(17(25)26)19-14(22)11(6-27)20-15(23)12(7-28)21-16(24)13(18)9(3)4/h8-13,27-28H,5-7,18H2,1-4H3,(H,19,22)(H,20,23)(H,21,24)(H,25,26). The summed E-state index contributed by atoms with van der Waals surface area (Å²) in [6.07, 6.45) is 0.247. The highest BCUT2D eigenvalue weighted by Gasteiger charge is 2.29. The summed E-state index contributed by atoms with van der Waals surface area (Å²) in [5, 5.41) is 16.6. The van der Waals surface area contributed by atoms with Crippen molar-refractivity contribution in [3.63, 3.8) is 0 Å². The Morgan fingerprint density at radius 2 is 1.21 bits per heavy atom. The lowest BCUT2D eigenvalue weighted by atomic mass is 10.0. The molecule has 3 amide bonds. The number of nitrogens with two attached hydrogens (primary N) is 1. The van der Waals surface area contributed by atoms with Crippen LogP contribution < -0.4 is 21.7 Å². The fourth-order valence-corrected chi connectivity index (χ4v) is 2.71. The largest absolute Gasteiger partial charge is 0.480 e. The number of hydrogen-bond donors (Lipinski definition) is 7. The topological polar surface area (TPSA) is 151 Å². The van der Waals surface area contributed by atoms with E-state index in [1.807, 2.05) is 13.8 Å². The van der Waals surface area contributed by atoms with Gasteiger partial charge in [-0.2, -0.15) is 25.3 Å². The molecule has 4 atom stereocenters. The van der Waals surface area contributed by atoms with E-state index >= 15 is 0 Å². The Morgan fingerprint density at radius 1 is 0.821 bits per heavy atom. The Bertz CT molecular complexity index is 560. The maximum atomic E-state index is 12.4. The average molecular weight is 437 g/mol. The molecule has 0 spiro atoms. The van der Waals surface area contributed by atoms with Crippen molar-refractivity contribution in [3.8, 4) is 0 Å². The summed E-state index contributed by atoms with van der Waals surface area (Å²) in [6.45, 7) is 7.22. The average Bonchev–Trinajstić information content (AvgIpc) is 2.61. The van der Waals surface area contributed by atoms with E-state index in [0.717, 1.165) is 0 Å². The minimum atomic E-state index is -1.16. The van der Waals surface area contributed by atoms with Gasteiger partial charge in [0, 0.05) is 11.5 Å². The Kier molecular flexibility index (Phi) is 12.2. The SMILES string of the molecule is CC(C)CC(NC(=O)C(CS)NC(=O)C(CS)NC(=O)C(N)C(C)C)C(=O)O. The van der Waals surface area contributed by atoms with Crippen molar-refractivity contribution in [2.24, 2.45) is 17.6 Å². The van der Waals surface area contributed by atoms with Crippen molar-refractivity contribution >= 4 is 48.9 Å². The molecule has 28 heavy (non-hydrogen) atoms. The van der Waals surface area contributed by atoms with Crippen molar-refractivity contribution in [2.45, 2.75) is 58.3 Å². The van der Waals surface area contributed by atoms with Crippen LogP contribution in [0.25, 0.3) is 0 Å². The van der Waals surface area contributed by atoms with E-state index in [2.05, 4.69) is 41.2 Å². The molecule has 9 nitrogen and oxygen atoms in total. The number of carboxylic acids is 1. The summed E-state index contributed by atoms with van der Waals surface area (Å²) in [6, 6.07) is -3.92. The predicted octanol–water partition coefficient (Wildman–Crippen LogP) is -0.586. The number of rotatable bonds is 12. The number of carboxylic acid groups (broad SMARTS) is 1. The molecule has 4 unspecified atom stereocenters. The number of carbonyl (C=O) groups is 4. The quantitative estimate of drug-likeness (QED) is 0.203. The third-order valence-electron chi connectivity index (χ3n) is 3.97. The van der Waals surface area contributed by atoms with Crippen LogP contribution in [0.4, 0.5) is 0 Å². The molecule has 0 aliphatic carbocycles. The highest BCUT2D eigenvalue weighted by molar-refractivity contribution is 7.80. The van der Waals surface area contributed by atoms with E-state index in [-0.39, 0.29) is 29.8 Å². The first-order valence-corrected chi connectivity index (χ1v) is 10.3. The molecule has 0 rings (SSSR count). The van der Waals surface area contributed by atoms with Gasteiger partial charge in [0.1, 0.15) is 18.1 Å². The van der Waals surface area contributed by atoms with Gasteiger partial charge in [-0.3, -0.25) is 14.4 Å². The van der Waals surface area contributed by atoms with E-state index in [4.69, 9.17) is 5.73 Å². The smallest absolute Gasteiger partial charge is 0.326 e. The molecule has 0 saturated heterocycles. The monoisotopic (exact) mass is 436 g/mol. The third kappa shape index (κ3) is 9.16. The van der Waals surface area contributed by atoms with Crippen molar-refractivity contribution in [3.05, 3.63) is 0 Å².